The summed E-state index contributed by atoms with van der Waals surface area (Å²) < 4.78 is 5.55. The van der Waals surface area contributed by atoms with Gasteiger partial charge in [-0.25, -0.2) is 0 Å². The van der Waals surface area contributed by atoms with Crippen molar-refractivity contribution in [1.82, 2.24) is 15.2 Å². The number of hydrogen-bond acceptors (Lipinski definition) is 4. The highest BCUT2D eigenvalue weighted by atomic mass is 16.5. The van der Waals surface area contributed by atoms with Gasteiger partial charge in [-0.05, 0) is 24.1 Å². The lowest BCUT2D eigenvalue weighted by molar-refractivity contribution is 0.360. The van der Waals surface area contributed by atoms with Crippen LogP contribution in [0.4, 0.5) is 5.69 Å². The average Bonchev–Trinajstić information content (AvgIpc) is 3.25. The summed E-state index contributed by atoms with van der Waals surface area (Å²) in [4.78, 5) is 1.97. The lowest BCUT2D eigenvalue weighted by Gasteiger charge is -2.18. The van der Waals surface area contributed by atoms with Crippen LogP contribution in [-0.2, 0) is 6.42 Å². The number of nitrogens with one attached hydrogen (secondary N) is 1. The molecule has 0 saturated carbocycles. The predicted octanol–water partition coefficient (Wildman–Crippen LogP) is 3.64. The number of hydrazone groups is 1. The van der Waals surface area contributed by atoms with E-state index in [1.54, 1.807) is 13.3 Å². The van der Waals surface area contributed by atoms with Crippen LogP contribution in [0.15, 0.2) is 66.0 Å². The molecular weight excluding hydrogens is 338 g/mol. The number of nitrogens with zero attached hydrogens (tertiary/aromatic N) is 4. The van der Waals surface area contributed by atoms with Crippen molar-refractivity contribution in [2.45, 2.75) is 6.42 Å². The standard InChI is InChI=1S/C21H25N5O/c1-25(16-24-26(2)12-11-17-7-5-4-6-8-17)19-9-10-20(21(13-19)27-3)18-14-22-23-15-18/h4-10,13-16H,11-12H2,1-3H3,(H,22,23)/b24-16-. The monoisotopic (exact) mass is 363 g/mol. The molecule has 27 heavy (non-hydrogen) atoms. The SMILES string of the molecule is COc1cc(N(C)/C=N\N(C)CCc2ccccc2)ccc1-c1cn[nH]c1. The van der Waals surface area contributed by atoms with Crippen molar-refractivity contribution in [2.75, 3.05) is 32.6 Å². The molecule has 0 saturated heterocycles. The molecule has 6 nitrogen and oxygen atoms in total. The number of hydrogen-bond donors (Lipinski definition) is 1. The maximum absolute atomic E-state index is 5.55. The zero-order chi connectivity index (χ0) is 19.1. The fraction of sp³-hybridized carbons (Fsp3) is 0.238. The van der Waals surface area contributed by atoms with Gasteiger partial charge in [-0.15, -0.1) is 0 Å². The van der Waals surface area contributed by atoms with Gasteiger partial charge in [0.05, 0.1) is 13.3 Å². The largest absolute Gasteiger partial charge is 0.496 e. The highest BCUT2D eigenvalue weighted by Gasteiger charge is 2.09. The van der Waals surface area contributed by atoms with Crippen molar-refractivity contribution in [3.8, 4) is 16.9 Å². The minimum absolute atomic E-state index is 0.798. The van der Waals surface area contributed by atoms with Gasteiger partial charge in [0.15, 0.2) is 0 Å². The van der Waals surface area contributed by atoms with Crippen molar-refractivity contribution >= 4 is 12.0 Å². The number of aromatic amines is 1. The Hall–Kier alpha value is -3.28. The van der Waals surface area contributed by atoms with Gasteiger partial charge >= 0.3 is 0 Å². The summed E-state index contributed by atoms with van der Waals surface area (Å²) in [5.74, 6) is 0.798. The van der Waals surface area contributed by atoms with E-state index in [4.69, 9.17) is 4.74 Å². The number of rotatable bonds is 8. The highest BCUT2D eigenvalue weighted by Crippen LogP contribution is 2.32. The van der Waals surface area contributed by atoms with E-state index in [-0.39, 0.29) is 0 Å². The molecule has 0 aliphatic rings. The third-order valence-electron chi connectivity index (χ3n) is 4.39. The van der Waals surface area contributed by atoms with E-state index in [0.29, 0.717) is 0 Å². The Morgan fingerprint density at radius 1 is 1.15 bits per heavy atom. The minimum atomic E-state index is 0.798. The molecule has 1 aromatic heterocycles. The van der Waals surface area contributed by atoms with E-state index < -0.39 is 0 Å². The number of methoxy groups -OCH3 is 1. The zero-order valence-electron chi connectivity index (χ0n) is 16.0. The topological polar surface area (TPSA) is 56.8 Å². The number of anilines is 1. The van der Waals surface area contributed by atoms with Crippen LogP contribution in [0.25, 0.3) is 11.1 Å². The maximum atomic E-state index is 5.55. The number of benzene rings is 2. The molecule has 0 atom stereocenters. The second kappa shape index (κ2) is 8.89. The van der Waals surface area contributed by atoms with Gasteiger partial charge in [-0.3, -0.25) is 10.1 Å². The number of likely N-dealkylation sites (N-methyl/N-ethyl adjacent to an activating group) is 1. The van der Waals surface area contributed by atoms with Crippen LogP contribution in [0.5, 0.6) is 5.75 Å². The van der Waals surface area contributed by atoms with Gasteiger partial charge in [-0.2, -0.15) is 10.2 Å². The second-order valence-corrected chi connectivity index (χ2v) is 6.33. The third-order valence-corrected chi connectivity index (χ3v) is 4.39. The molecule has 0 aliphatic heterocycles. The van der Waals surface area contributed by atoms with E-state index >= 15 is 0 Å². The van der Waals surface area contributed by atoms with Crippen LogP contribution < -0.4 is 9.64 Å². The van der Waals surface area contributed by atoms with Crippen molar-refractivity contribution < 1.29 is 4.74 Å². The van der Waals surface area contributed by atoms with E-state index in [1.165, 1.54) is 5.56 Å². The third kappa shape index (κ3) is 4.88. The van der Waals surface area contributed by atoms with E-state index in [2.05, 4.69) is 39.6 Å². The fourth-order valence-corrected chi connectivity index (χ4v) is 2.76. The van der Waals surface area contributed by atoms with Crippen molar-refractivity contribution in [1.29, 1.82) is 0 Å². The van der Waals surface area contributed by atoms with Crippen LogP contribution in [0.1, 0.15) is 5.56 Å². The normalized spacial score (nSPS) is 10.9. The van der Waals surface area contributed by atoms with E-state index in [1.807, 2.05) is 60.8 Å². The Morgan fingerprint density at radius 3 is 2.67 bits per heavy atom. The Morgan fingerprint density at radius 2 is 1.96 bits per heavy atom. The molecule has 3 aromatic rings. The molecule has 0 amide bonds. The molecule has 0 bridgehead atoms. The highest BCUT2D eigenvalue weighted by molar-refractivity contribution is 5.81. The molecule has 0 fully saturated rings. The van der Waals surface area contributed by atoms with Crippen molar-refractivity contribution in [3.05, 3.63) is 66.5 Å². The molecule has 0 aliphatic carbocycles. The zero-order valence-corrected chi connectivity index (χ0v) is 16.0. The van der Waals surface area contributed by atoms with Gasteiger partial charge < -0.3 is 9.64 Å². The predicted molar refractivity (Wildman–Crippen MR) is 110 cm³/mol. The number of aromatic nitrogens is 2. The lowest BCUT2D eigenvalue weighted by Crippen LogP contribution is -2.20. The van der Waals surface area contributed by atoms with Crippen LogP contribution >= 0.6 is 0 Å². The molecule has 3 rings (SSSR count). The van der Waals surface area contributed by atoms with Crippen LogP contribution in [0, 0.1) is 0 Å². The van der Waals surface area contributed by atoms with Gasteiger partial charge in [0, 0.05) is 49.7 Å². The van der Waals surface area contributed by atoms with Crippen LogP contribution in [0.2, 0.25) is 0 Å². The summed E-state index contributed by atoms with van der Waals surface area (Å²) in [6.07, 6.45) is 6.41. The van der Waals surface area contributed by atoms with Gasteiger partial charge in [0.25, 0.3) is 0 Å². The summed E-state index contributed by atoms with van der Waals surface area (Å²) in [6, 6.07) is 16.5. The summed E-state index contributed by atoms with van der Waals surface area (Å²) in [7, 11) is 5.63. The molecule has 1 N–H and O–H groups in total. The van der Waals surface area contributed by atoms with Gasteiger partial charge in [-0.1, -0.05) is 30.3 Å². The molecule has 2 aromatic carbocycles. The first-order valence-electron chi connectivity index (χ1n) is 8.86. The first-order valence-corrected chi connectivity index (χ1v) is 8.86. The molecule has 0 unspecified atom stereocenters. The van der Waals surface area contributed by atoms with Crippen LogP contribution in [0.3, 0.4) is 0 Å². The molecule has 6 heteroatoms. The van der Waals surface area contributed by atoms with Crippen molar-refractivity contribution in [2.24, 2.45) is 5.10 Å². The molecule has 0 radical (unpaired) electrons. The van der Waals surface area contributed by atoms with Gasteiger partial charge in [0.2, 0.25) is 0 Å². The molecule has 0 spiro atoms. The molecular formula is C21H25N5O. The van der Waals surface area contributed by atoms with E-state index in [9.17, 15) is 0 Å². The Labute approximate surface area is 160 Å². The molecule has 1 heterocycles. The Balaban J connectivity index is 1.63. The van der Waals surface area contributed by atoms with Gasteiger partial charge in [0.1, 0.15) is 12.1 Å². The number of ether oxygens (including phenoxy) is 1. The average molecular weight is 363 g/mol. The second-order valence-electron chi connectivity index (χ2n) is 6.33. The summed E-state index contributed by atoms with van der Waals surface area (Å²) in [5, 5.41) is 13.3. The summed E-state index contributed by atoms with van der Waals surface area (Å²) in [6.45, 7) is 0.858. The maximum Gasteiger partial charge on any atom is 0.128 e. The van der Waals surface area contributed by atoms with Crippen LogP contribution in [-0.4, -0.2) is 49.3 Å². The first-order chi connectivity index (χ1) is 13.2. The summed E-state index contributed by atoms with van der Waals surface area (Å²) >= 11 is 0. The van der Waals surface area contributed by atoms with Crippen molar-refractivity contribution in [3.63, 3.8) is 0 Å². The smallest absolute Gasteiger partial charge is 0.128 e. The first kappa shape index (κ1) is 18.5. The minimum Gasteiger partial charge on any atom is -0.496 e. The number of H-pyrrole nitrogens is 1. The quantitative estimate of drug-likeness (QED) is 0.377. The summed E-state index contributed by atoms with van der Waals surface area (Å²) in [5.41, 5.74) is 4.31. The Bertz CT molecular complexity index is 862. The van der Waals surface area contributed by atoms with E-state index in [0.717, 1.165) is 35.5 Å². The Kier molecular flexibility index (Phi) is 6.10. The molecule has 140 valence electrons. The fourth-order valence-electron chi connectivity index (χ4n) is 2.76. The lowest BCUT2D eigenvalue weighted by atomic mass is 10.1.